The van der Waals surface area contributed by atoms with Gasteiger partial charge in [-0.25, -0.2) is 4.39 Å². The van der Waals surface area contributed by atoms with Gasteiger partial charge in [-0.2, -0.15) is 0 Å². The van der Waals surface area contributed by atoms with Crippen LogP contribution in [0.5, 0.6) is 0 Å². The summed E-state index contributed by atoms with van der Waals surface area (Å²) < 4.78 is 13.0. The molecular weight excluding hydrogens is 323 g/mol. The molecule has 136 valence electrons. The van der Waals surface area contributed by atoms with E-state index in [0.29, 0.717) is 18.7 Å². The van der Waals surface area contributed by atoms with Crippen LogP contribution in [0.15, 0.2) is 24.3 Å². The predicted molar refractivity (Wildman–Crippen MR) is 91.4 cm³/mol. The normalized spacial score (nSPS) is 27.0. The van der Waals surface area contributed by atoms with Gasteiger partial charge in [-0.15, -0.1) is 0 Å². The lowest BCUT2D eigenvalue weighted by Crippen LogP contribution is -2.48. The van der Waals surface area contributed by atoms with Crippen molar-refractivity contribution in [2.45, 2.75) is 50.7 Å². The van der Waals surface area contributed by atoms with E-state index >= 15 is 0 Å². The van der Waals surface area contributed by atoms with Crippen molar-refractivity contribution in [2.75, 3.05) is 13.1 Å². The van der Waals surface area contributed by atoms with Crippen LogP contribution in [0, 0.1) is 11.7 Å². The first kappa shape index (κ1) is 17.9. The van der Waals surface area contributed by atoms with E-state index in [1.165, 1.54) is 24.3 Å². The highest BCUT2D eigenvalue weighted by Gasteiger charge is 2.30. The number of nitrogens with zero attached hydrogens (tertiary/aromatic N) is 1. The number of hydrogen-bond acceptors (Lipinski definition) is 3. The minimum atomic E-state index is -0.370. The van der Waals surface area contributed by atoms with Crippen molar-refractivity contribution in [3.05, 3.63) is 35.6 Å². The predicted octanol–water partition coefficient (Wildman–Crippen LogP) is 2.10. The third-order valence-corrected chi connectivity index (χ3v) is 5.21. The molecule has 2 amide bonds. The fourth-order valence-corrected chi connectivity index (χ4v) is 3.69. The van der Waals surface area contributed by atoms with Gasteiger partial charge in [0.05, 0.1) is 12.0 Å². The molecule has 6 heteroatoms. The zero-order valence-corrected chi connectivity index (χ0v) is 14.3. The monoisotopic (exact) mass is 348 g/mol. The molecule has 1 aliphatic heterocycles. The summed E-state index contributed by atoms with van der Waals surface area (Å²) >= 11 is 0. The van der Waals surface area contributed by atoms with Crippen molar-refractivity contribution >= 4 is 11.8 Å². The Balaban J connectivity index is 1.56. The highest BCUT2D eigenvalue weighted by molar-refractivity contribution is 5.94. The Morgan fingerprint density at radius 3 is 2.44 bits per heavy atom. The minimum absolute atomic E-state index is 0.00186. The minimum Gasteiger partial charge on any atom is -0.393 e. The molecule has 1 saturated heterocycles. The molecule has 1 aliphatic carbocycles. The fraction of sp³-hybridized carbons (Fsp3) is 0.579. The van der Waals surface area contributed by atoms with Crippen LogP contribution in [0.2, 0.25) is 0 Å². The molecule has 5 nitrogen and oxygen atoms in total. The SMILES string of the molecule is O=C(NC1CCC(O)CC1)C1CCCN(C(=O)c2ccc(F)cc2)C1. The van der Waals surface area contributed by atoms with Crippen molar-refractivity contribution in [2.24, 2.45) is 5.92 Å². The maximum Gasteiger partial charge on any atom is 0.253 e. The van der Waals surface area contributed by atoms with Gasteiger partial charge in [0, 0.05) is 24.7 Å². The number of nitrogens with one attached hydrogen (secondary N) is 1. The Hall–Kier alpha value is -1.95. The maximum atomic E-state index is 13.0. The number of benzene rings is 1. The second-order valence-corrected chi connectivity index (χ2v) is 7.11. The molecule has 1 aromatic rings. The topological polar surface area (TPSA) is 69.6 Å². The van der Waals surface area contributed by atoms with E-state index in [2.05, 4.69) is 5.32 Å². The molecule has 0 aromatic heterocycles. The molecule has 1 saturated carbocycles. The Labute approximate surface area is 147 Å². The van der Waals surface area contributed by atoms with E-state index in [9.17, 15) is 19.1 Å². The summed E-state index contributed by atoms with van der Waals surface area (Å²) in [5, 5.41) is 12.6. The smallest absolute Gasteiger partial charge is 0.253 e. The Morgan fingerprint density at radius 1 is 1.08 bits per heavy atom. The number of rotatable bonds is 3. The van der Waals surface area contributed by atoms with E-state index in [-0.39, 0.29) is 35.7 Å². The van der Waals surface area contributed by atoms with Crippen molar-refractivity contribution < 1.29 is 19.1 Å². The summed E-state index contributed by atoms with van der Waals surface area (Å²) in [5.41, 5.74) is 0.448. The van der Waals surface area contributed by atoms with Gasteiger partial charge in [-0.3, -0.25) is 9.59 Å². The third kappa shape index (κ3) is 4.57. The van der Waals surface area contributed by atoms with Crippen LogP contribution in [-0.4, -0.2) is 47.1 Å². The zero-order valence-electron chi connectivity index (χ0n) is 14.3. The summed E-state index contributed by atoms with van der Waals surface area (Å²) in [6.45, 7) is 1.02. The first-order valence-electron chi connectivity index (χ1n) is 9.06. The number of likely N-dealkylation sites (tertiary alicyclic amines) is 1. The number of carbonyl (C=O) groups is 2. The second kappa shape index (κ2) is 7.95. The van der Waals surface area contributed by atoms with Gasteiger partial charge in [0.1, 0.15) is 5.82 Å². The molecule has 0 radical (unpaired) electrons. The van der Waals surface area contributed by atoms with Gasteiger partial charge in [-0.05, 0) is 62.8 Å². The number of piperidine rings is 1. The molecule has 2 fully saturated rings. The van der Waals surface area contributed by atoms with Gasteiger partial charge in [0.15, 0.2) is 0 Å². The molecule has 25 heavy (non-hydrogen) atoms. The first-order chi connectivity index (χ1) is 12.0. The van der Waals surface area contributed by atoms with Gasteiger partial charge < -0.3 is 15.3 Å². The number of aliphatic hydroxyl groups is 1. The van der Waals surface area contributed by atoms with Crippen LogP contribution in [0.4, 0.5) is 4.39 Å². The van der Waals surface area contributed by atoms with Crippen molar-refractivity contribution in [1.82, 2.24) is 10.2 Å². The van der Waals surface area contributed by atoms with Gasteiger partial charge in [0.25, 0.3) is 5.91 Å². The number of carbonyl (C=O) groups excluding carboxylic acids is 2. The van der Waals surface area contributed by atoms with Crippen LogP contribution >= 0.6 is 0 Å². The Kier molecular flexibility index (Phi) is 5.68. The summed E-state index contributed by atoms with van der Waals surface area (Å²) in [7, 11) is 0. The van der Waals surface area contributed by atoms with E-state index in [4.69, 9.17) is 0 Å². The van der Waals surface area contributed by atoms with E-state index in [0.717, 1.165) is 38.5 Å². The molecule has 1 atom stereocenters. The van der Waals surface area contributed by atoms with E-state index in [1.807, 2.05) is 0 Å². The van der Waals surface area contributed by atoms with Crippen molar-refractivity contribution in [1.29, 1.82) is 0 Å². The van der Waals surface area contributed by atoms with Crippen molar-refractivity contribution in [3.8, 4) is 0 Å². The molecule has 2 aliphatic rings. The summed E-state index contributed by atoms with van der Waals surface area (Å²) in [5.74, 6) is -0.730. The average Bonchev–Trinajstić information content (AvgIpc) is 2.64. The Bertz CT molecular complexity index is 612. The highest BCUT2D eigenvalue weighted by Crippen LogP contribution is 2.22. The standard InChI is InChI=1S/C19H25FN2O3/c20-15-5-3-13(4-6-15)19(25)22-11-1-2-14(12-22)18(24)21-16-7-9-17(23)10-8-16/h3-6,14,16-17,23H,1-2,7-12H2,(H,21,24). The van der Waals surface area contributed by atoms with Crippen LogP contribution in [0.25, 0.3) is 0 Å². The maximum absolute atomic E-state index is 13.0. The lowest BCUT2D eigenvalue weighted by Gasteiger charge is -2.34. The van der Waals surface area contributed by atoms with Gasteiger partial charge in [0.2, 0.25) is 5.91 Å². The summed E-state index contributed by atoms with van der Waals surface area (Å²) in [6, 6.07) is 5.64. The highest BCUT2D eigenvalue weighted by atomic mass is 19.1. The van der Waals surface area contributed by atoms with E-state index < -0.39 is 0 Å². The quantitative estimate of drug-likeness (QED) is 0.879. The van der Waals surface area contributed by atoms with Gasteiger partial charge in [-0.1, -0.05) is 0 Å². The second-order valence-electron chi connectivity index (χ2n) is 7.11. The Morgan fingerprint density at radius 2 is 1.76 bits per heavy atom. The van der Waals surface area contributed by atoms with Crippen LogP contribution < -0.4 is 5.32 Å². The molecular formula is C19H25FN2O3. The third-order valence-electron chi connectivity index (χ3n) is 5.21. The summed E-state index contributed by atoms with van der Waals surface area (Å²) in [6.07, 6.45) is 4.38. The molecule has 1 heterocycles. The molecule has 1 unspecified atom stereocenters. The molecule has 2 N–H and O–H groups in total. The number of amides is 2. The lowest BCUT2D eigenvalue weighted by molar-refractivity contribution is -0.127. The first-order valence-corrected chi connectivity index (χ1v) is 9.06. The van der Waals surface area contributed by atoms with Crippen LogP contribution in [-0.2, 0) is 4.79 Å². The van der Waals surface area contributed by atoms with Crippen LogP contribution in [0.1, 0.15) is 48.9 Å². The number of aliphatic hydroxyl groups excluding tert-OH is 1. The number of hydrogen-bond donors (Lipinski definition) is 2. The average molecular weight is 348 g/mol. The number of halogens is 1. The lowest BCUT2D eigenvalue weighted by atomic mass is 9.91. The molecule has 0 spiro atoms. The van der Waals surface area contributed by atoms with Crippen molar-refractivity contribution in [3.63, 3.8) is 0 Å². The molecule has 0 bridgehead atoms. The van der Waals surface area contributed by atoms with Gasteiger partial charge >= 0.3 is 0 Å². The largest absolute Gasteiger partial charge is 0.393 e. The fourth-order valence-electron chi connectivity index (χ4n) is 3.69. The molecule has 3 rings (SSSR count). The van der Waals surface area contributed by atoms with Crippen LogP contribution in [0.3, 0.4) is 0 Å². The molecule has 1 aromatic carbocycles. The zero-order chi connectivity index (χ0) is 17.8. The summed E-state index contributed by atoms with van der Waals surface area (Å²) in [4.78, 5) is 26.8. The van der Waals surface area contributed by atoms with E-state index in [1.54, 1.807) is 4.90 Å².